The van der Waals surface area contributed by atoms with Crippen molar-refractivity contribution in [3.63, 3.8) is 0 Å². The Bertz CT molecular complexity index is 544. The normalized spacial score (nSPS) is 12.5. The lowest BCUT2D eigenvalue weighted by atomic mass is 10.0. The van der Waals surface area contributed by atoms with E-state index in [2.05, 4.69) is 28.4 Å². The van der Waals surface area contributed by atoms with Crippen LogP contribution < -0.4 is 5.32 Å². The third-order valence-electron chi connectivity index (χ3n) is 3.28. The van der Waals surface area contributed by atoms with Gasteiger partial charge in [0.05, 0.1) is 36.1 Å². The first-order valence-corrected chi connectivity index (χ1v) is 7.46. The highest BCUT2D eigenvalue weighted by molar-refractivity contribution is 6.31. The molecule has 21 heavy (non-hydrogen) atoms. The van der Waals surface area contributed by atoms with Crippen LogP contribution in [0.2, 0.25) is 5.02 Å². The van der Waals surface area contributed by atoms with E-state index in [0.29, 0.717) is 18.2 Å². The molecule has 1 atom stereocenters. The van der Waals surface area contributed by atoms with E-state index in [4.69, 9.17) is 16.3 Å². The lowest BCUT2D eigenvalue weighted by Crippen LogP contribution is -2.26. The summed E-state index contributed by atoms with van der Waals surface area (Å²) in [6.45, 7) is 4.24. The first kappa shape index (κ1) is 15.9. The SMILES string of the molecule is CCNC(Cc1cccnc1)c1c(Cl)cnn1CCOC. The molecule has 0 aliphatic heterocycles. The number of hydrogen-bond donors (Lipinski definition) is 1. The minimum absolute atomic E-state index is 0.103. The van der Waals surface area contributed by atoms with Gasteiger partial charge in [0.25, 0.3) is 0 Å². The first-order valence-electron chi connectivity index (χ1n) is 7.08. The quantitative estimate of drug-likeness (QED) is 0.814. The van der Waals surface area contributed by atoms with Crippen LogP contribution in [0.25, 0.3) is 0 Å². The molecule has 1 unspecified atom stereocenters. The average molecular weight is 309 g/mol. The van der Waals surface area contributed by atoms with Gasteiger partial charge in [0.15, 0.2) is 0 Å². The largest absolute Gasteiger partial charge is 0.383 e. The number of likely N-dealkylation sites (N-methyl/N-ethyl adjacent to an activating group) is 1. The van der Waals surface area contributed by atoms with Crippen LogP contribution in [0, 0.1) is 0 Å². The number of hydrogen-bond acceptors (Lipinski definition) is 4. The highest BCUT2D eigenvalue weighted by Crippen LogP contribution is 2.25. The number of rotatable bonds is 8. The third-order valence-corrected chi connectivity index (χ3v) is 3.57. The average Bonchev–Trinajstić information content (AvgIpc) is 2.86. The van der Waals surface area contributed by atoms with Crippen LogP contribution in [0.1, 0.15) is 24.2 Å². The lowest BCUT2D eigenvalue weighted by Gasteiger charge is -2.20. The van der Waals surface area contributed by atoms with Crippen molar-refractivity contribution in [3.05, 3.63) is 47.0 Å². The molecule has 0 aromatic carbocycles. The summed E-state index contributed by atoms with van der Waals surface area (Å²) < 4.78 is 7.05. The summed E-state index contributed by atoms with van der Waals surface area (Å²) in [4.78, 5) is 4.17. The Morgan fingerprint density at radius 3 is 2.95 bits per heavy atom. The van der Waals surface area contributed by atoms with Gasteiger partial charge in [0.2, 0.25) is 0 Å². The number of methoxy groups -OCH3 is 1. The van der Waals surface area contributed by atoms with Crippen molar-refractivity contribution in [2.24, 2.45) is 0 Å². The monoisotopic (exact) mass is 308 g/mol. The third kappa shape index (κ3) is 4.27. The Morgan fingerprint density at radius 1 is 1.43 bits per heavy atom. The van der Waals surface area contributed by atoms with Crippen LogP contribution in [0.3, 0.4) is 0 Å². The zero-order chi connectivity index (χ0) is 15.1. The number of pyridine rings is 1. The van der Waals surface area contributed by atoms with Crippen molar-refractivity contribution in [2.75, 3.05) is 20.3 Å². The van der Waals surface area contributed by atoms with Gasteiger partial charge in [-0.05, 0) is 24.6 Å². The summed E-state index contributed by atoms with van der Waals surface area (Å²) in [5, 5.41) is 8.51. The van der Waals surface area contributed by atoms with Gasteiger partial charge >= 0.3 is 0 Å². The molecule has 2 aromatic heterocycles. The molecule has 0 spiro atoms. The summed E-state index contributed by atoms with van der Waals surface area (Å²) in [7, 11) is 1.68. The van der Waals surface area contributed by atoms with Crippen LogP contribution >= 0.6 is 11.6 Å². The van der Waals surface area contributed by atoms with E-state index in [-0.39, 0.29) is 6.04 Å². The van der Waals surface area contributed by atoms with Crippen molar-refractivity contribution < 1.29 is 4.74 Å². The van der Waals surface area contributed by atoms with E-state index in [0.717, 1.165) is 18.7 Å². The highest BCUT2D eigenvalue weighted by atomic mass is 35.5. The van der Waals surface area contributed by atoms with Gasteiger partial charge in [-0.2, -0.15) is 5.10 Å². The standard InChI is InChI=1S/C15H21ClN4O/c1-3-18-14(9-12-5-4-6-17-10-12)15-13(16)11-19-20(15)7-8-21-2/h4-6,10-11,14,18H,3,7-9H2,1-2H3. The molecule has 1 N–H and O–H groups in total. The molecule has 2 heterocycles. The zero-order valence-electron chi connectivity index (χ0n) is 12.4. The Morgan fingerprint density at radius 2 is 2.29 bits per heavy atom. The molecule has 0 saturated carbocycles. The molecule has 0 bridgehead atoms. The molecule has 5 nitrogen and oxygen atoms in total. The minimum Gasteiger partial charge on any atom is -0.383 e. The maximum absolute atomic E-state index is 6.34. The van der Waals surface area contributed by atoms with E-state index in [1.165, 1.54) is 5.56 Å². The van der Waals surface area contributed by atoms with Gasteiger partial charge in [-0.15, -0.1) is 0 Å². The Balaban J connectivity index is 2.23. The molecule has 2 rings (SSSR count). The zero-order valence-corrected chi connectivity index (χ0v) is 13.2. The second kappa shape index (κ2) is 8.12. The maximum atomic E-state index is 6.34. The smallest absolute Gasteiger partial charge is 0.0834 e. The van der Waals surface area contributed by atoms with E-state index >= 15 is 0 Å². The Hall–Kier alpha value is -1.43. The number of nitrogens with zero attached hydrogens (tertiary/aromatic N) is 3. The van der Waals surface area contributed by atoms with Gasteiger partial charge in [0, 0.05) is 19.5 Å². The fraction of sp³-hybridized carbons (Fsp3) is 0.467. The molecule has 6 heteroatoms. The maximum Gasteiger partial charge on any atom is 0.0834 e. The van der Waals surface area contributed by atoms with Gasteiger partial charge < -0.3 is 10.1 Å². The van der Waals surface area contributed by atoms with Crippen LogP contribution in [0.5, 0.6) is 0 Å². The molecule has 0 aliphatic rings. The molecule has 0 radical (unpaired) electrons. The predicted molar refractivity (Wildman–Crippen MR) is 83.5 cm³/mol. The summed E-state index contributed by atoms with van der Waals surface area (Å²) in [5.41, 5.74) is 2.17. The van der Waals surface area contributed by atoms with Crippen LogP contribution in [0.4, 0.5) is 0 Å². The van der Waals surface area contributed by atoms with Gasteiger partial charge in [-0.25, -0.2) is 0 Å². The minimum atomic E-state index is 0.103. The van der Waals surface area contributed by atoms with E-state index < -0.39 is 0 Å². The van der Waals surface area contributed by atoms with Crippen LogP contribution in [0.15, 0.2) is 30.7 Å². The predicted octanol–water partition coefficient (Wildman–Crippen LogP) is 2.47. The fourth-order valence-corrected chi connectivity index (χ4v) is 2.61. The number of halogens is 1. The molecule has 0 fully saturated rings. The van der Waals surface area contributed by atoms with Gasteiger partial charge in [0.1, 0.15) is 0 Å². The topological polar surface area (TPSA) is 52.0 Å². The molecular weight excluding hydrogens is 288 g/mol. The number of aromatic nitrogens is 3. The van der Waals surface area contributed by atoms with E-state index in [1.807, 2.05) is 16.9 Å². The number of nitrogens with one attached hydrogen (secondary N) is 1. The molecule has 114 valence electrons. The molecule has 2 aromatic rings. The van der Waals surface area contributed by atoms with E-state index in [1.54, 1.807) is 19.5 Å². The Kier molecular flexibility index (Phi) is 6.17. The van der Waals surface area contributed by atoms with Crippen LogP contribution in [-0.4, -0.2) is 35.0 Å². The molecular formula is C15H21ClN4O. The number of ether oxygens (including phenoxy) is 1. The van der Waals surface area contributed by atoms with Gasteiger partial charge in [-0.1, -0.05) is 24.6 Å². The van der Waals surface area contributed by atoms with Gasteiger partial charge in [-0.3, -0.25) is 9.67 Å². The molecule has 0 aliphatic carbocycles. The van der Waals surface area contributed by atoms with Crippen molar-refractivity contribution in [3.8, 4) is 0 Å². The lowest BCUT2D eigenvalue weighted by molar-refractivity contribution is 0.181. The first-order chi connectivity index (χ1) is 10.3. The fourth-order valence-electron chi connectivity index (χ4n) is 2.34. The molecule has 0 saturated heterocycles. The molecule has 0 amide bonds. The Labute approximate surface area is 130 Å². The summed E-state index contributed by atoms with van der Waals surface area (Å²) in [6, 6.07) is 4.12. The van der Waals surface area contributed by atoms with Crippen molar-refractivity contribution in [2.45, 2.75) is 25.9 Å². The summed E-state index contributed by atoms with van der Waals surface area (Å²) in [5.74, 6) is 0. The summed E-state index contributed by atoms with van der Waals surface area (Å²) >= 11 is 6.34. The van der Waals surface area contributed by atoms with Crippen molar-refractivity contribution in [1.29, 1.82) is 0 Å². The summed E-state index contributed by atoms with van der Waals surface area (Å²) in [6.07, 6.45) is 6.18. The van der Waals surface area contributed by atoms with Crippen molar-refractivity contribution >= 4 is 11.6 Å². The van der Waals surface area contributed by atoms with E-state index in [9.17, 15) is 0 Å². The highest BCUT2D eigenvalue weighted by Gasteiger charge is 2.20. The second-order valence-electron chi connectivity index (χ2n) is 4.77. The van der Waals surface area contributed by atoms with Crippen LogP contribution in [-0.2, 0) is 17.7 Å². The second-order valence-corrected chi connectivity index (χ2v) is 5.18. The van der Waals surface area contributed by atoms with Crippen molar-refractivity contribution in [1.82, 2.24) is 20.1 Å².